The van der Waals surface area contributed by atoms with E-state index in [0.717, 1.165) is 16.0 Å². The molecule has 0 saturated carbocycles. The number of amides is 1. The smallest absolute Gasteiger partial charge is 0.271 e. The number of aryl methyl sites for hydroxylation is 1. The van der Waals surface area contributed by atoms with Crippen LogP contribution in [-0.4, -0.2) is 10.5 Å². The maximum absolute atomic E-state index is 13.6. The second-order valence-corrected chi connectivity index (χ2v) is 10.3. The monoisotopic (exact) mass is 505 g/mol. The van der Waals surface area contributed by atoms with Crippen molar-refractivity contribution < 1.29 is 4.79 Å². The molecular weight excluding hydrogens is 486 g/mol. The van der Waals surface area contributed by atoms with Crippen molar-refractivity contribution in [2.24, 2.45) is 4.99 Å². The predicted octanol–water partition coefficient (Wildman–Crippen LogP) is 4.90. The Morgan fingerprint density at radius 1 is 1.09 bits per heavy atom. The lowest BCUT2D eigenvalue weighted by atomic mass is 9.95. The van der Waals surface area contributed by atoms with Gasteiger partial charge in [0.05, 0.1) is 21.8 Å². The number of carbonyl (C=O) groups is 1. The topological polar surface area (TPSA) is 63.5 Å². The molecule has 1 amide bonds. The highest BCUT2D eigenvalue weighted by molar-refractivity contribution is 7.11. The molecule has 170 valence electrons. The average molecular weight is 506 g/mol. The molecule has 5 rings (SSSR count). The number of carbonyl (C=O) groups excluding carboxylic acids is 1. The minimum absolute atomic E-state index is 0.172. The van der Waals surface area contributed by atoms with Gasteiger partial charge in [-0.3, -0.25) is 14.2 Å². The zero-order valence-electron chi connectivity index (χ0n) is 18.4. The molecule has 8 heteroatoms. The Labute approximate surface area is 209 Å². The maximum Gasteiger partial charge on any atom is 0.271 e. The molecule has 1 atom stereocenters. The summed E-state index contributed by atoms with van der Waals surface area (Å²) in [4.78, 5) is 33.4. The Hall–Kier alpha value is -3.26. The highest BCUT2D eigenvalue weighted by Crippen LogP contribution is 2.31. The maximum atomic E-state index is 13.6. The Kier molecular flexibility index (Phi) is 6.08. The van der Waals surface area contributed by atoms with Crippen LogP contribution >= 0.6 is 34.3 Å². The van der Waals surface area contributed by atoms with E-state index in [1.54, 1.807) is 28.0 Å². The van der Waals surface area contributed by atoms with Crippen molar-refractivity contribution in [1.29, 1.82) is 0 Å². The van der Waals surface area contributed by atoms with E-state index in [1.165, 1.54) is 11.3 Å². The highest BCUT2D eigenvalue weighted by atomic mass is 35.5. The Morgan fingerprint density at radius 3 is 2.50 bits per heavy atom. The van der Waals surface area contributed by atoms with E-state index in [2.05, 4.69) is 10.3 Å². The highest BCUT2D eigenvalue weighted by Gasteiger charge is 2.32. The van der Waals surface area contributed by atoms with E-state index in [-0.39, 0.29) is 11.5 Å². The Bertz CT molecular complexity index is 1600. The zero-order chi connectivity index (χ0) is 23.8. The molecule has 4 aromatic rings. The van der Waals surface area contributed by atoms with E-state index >= 15 is 0 Å². The van der Waals surface area contributed by atoms with Gasteiger partial charge < -0.3 is 5.32 Å². The van der Waals surface area contributed by atoms with Crippen molar-refractivity contribution in [3.8, 4) is 0 Å². The largest absolute Gasteiger partial charge is 0.322 e. The first-order chi connectivity index (χ1) is 16.4. The fraction of sp³-hybridized carbons (Fsp3) is 0.115. The summed E-state index contributed by atoms with van der Waals surface area (Å²) >= 11 is 9.06. The third kappa shape index (κ3) is 4.18. The van der Waals surface area contributed by atoms with Crippen LogP contribution in [0.2, 0.25) is 5.02 Å². The van der Waals surface area contributed by atoms with E-state index < -0.39 is 6.04 Å². The number of allylic oxidation sites excluding steroid dienone is 1. The van der Waals surface area contributed by atoms with E-state index in [0.29, 0.717) is 31.3 Å². The fourth-order valence-corrected chi connectivity index (χ4v) is 6.03. The lowest BCUT2D eigenvalue weighted by Gasteiger charge is -2.25. The van der Waals surface area contributed by atoms with Crippen molar-refractivity contribution >= 4 is 51.9 Å². The van der Waals surface area contributed by atoms with Gasteiger partial charge >= 0.3 is 0 Å². The van der Waals surface area contributed by atoms with Crippen LogP contribution in [0.5, 0.6) is 0 Å². The molecule has 2 aromatic carbocycles. The van der Waals surface area contributed by atoms with Crippen LogP contribution < -0.4 is 20.2 Å². The number of nitrogens with one attached hydrogen (secondary N) is 1. The number of rotatable bonds is 4. The van der Waals surface area contributed by atoms with Crippen molar-refractivity contribution in [3.05, 3.63) is 118 Å². The number of para-hydroxylation sites is 1. The van der Waals surface area contributed by atoms with Crippen LogP contribution in [0.25, 0.3) is 6.08 Å². The van der Waals surface area contributed by atoms with Crippen LogP contribution in [0, 0.1) is 6.92 Å². The summed E-state index contributed by atoms with van der Waals surface area (Å²) in [6.45, 7) is 3.83. The second-order valence-electron chi connectivity index (χ2n) is 7.92. The lowest BCUT2D eigenvalue weighted by molar-refractivity contribution is -0.113. The molecule has 1 aliphatic rings. The number of hydrogen-bond donors (Lipinski definition) is 1. The number of anilines is 1. The number of benzene rings is 2. The summed E-state index contributed by atoms with van der Waals surface area (Å²) in [6, 6.07) is 17.9. The molecule has 1 aliphatic heterocycles. The van der Waals surface area contributed by atoms with Gasteiger partial charge in [-0.15, -0.1) is 11.3 Å². The number of aromatic nitrogens is 1. The summed E-state index contributed by atoms with van der Waals surface area (Å²) < 4.78 is 2.20. The Balaban J connectivity index is 1.69. The normalized spacial score (nSPS) is 15.7. The minimum atomic E-state index is -0.621. The SMILES string of the molecule is CC1=C(C(=O)Nc2ccccc2)[C@H](c2ccc(Cl)cc2)n2c(s/c(=C/c3sccc3C)c2=O)=N1. The van der Waals surface area contributed by atoms with Crippen LogP contribution in [0.15, 0.2) is 87.1 Å². The minimum Gasteiger partial charge on any atom is -0.322 e. The molecule has 5 nitrogen and oxygen atoms in total. The molecule has 1 N–H and O–H groups in total. The van der Waals surface area contributed by atoms with Gasteiger partial charge in [-0.25, -0.2) is 4.99 Å². The summed E-state index contributed by atoms with van der Waals surface area (Å²) in [5.74, 6) is -0.296. The summed E-state index contributed by atoms with van der Waals surface area (Å²) in [7, 11) is 0. The van der Waals surface area contributed by atoms with Gasteiger partial charge in [0.25, 0.3) is 11.5 Å². The third-order valence-corrected chi connectivity index (χ3v) is 7.85. The first-order valence-electron chi connectivity index (χ1n) is 10.6. The van der Waals surface area contributed by atoms with Gasteiger partial charge in [-0.1, -0.05) is 53.3 Å². The molecule has 0 bridgehead atoms. The molecule has 0 unspecified atom stereocenters. The molecule has 3 heterocycles. The summed E-state index contributed by atoms with van der Waals surface area (Å²) in [6.07, 6.45) is 1.91. The van der Waals surface area contributed by atoms with E-state index in [9.17, 15) is 9.59 Å². The van der Waals surface area contributed by atoms with Crippen molar-refractivity contribution in [2.45, 2.75) is 19.9 Å². The predicted molar refractivity (Wildman–Crippen MR) is 139 cm³/mol. The molecule has 34 heavy (non-hydrogen) atoms. The second kappa shape index (κ2) is 9.18. The zero-order valence-corrected chi connectivity index (χ0v) is 20.8. The van der Waals surface area contributed by atoms with Gasteiger partial charge in [-0.05, 0) is 66.8 Å². The molecule has 0 fully saturated rings. The van der Waals surface area contributed by atoms with Crippen LogP contribution in [-0.2, 0) is 4.79 Å². The van der Waals surface area contributed by atoms with Crippen molar-refractivity contribution in [3.63, 3.8) is 0 Å². The quantitative estimate of drug-likeness (QED) is 0.429. The summed E-state index contributed by atoms with van der Waals surface area (Å²) in [5.41, 5.74) is 3.41. The van der Waals surface area contributed by atoms with Gasteiger partial charge in [-0.2, -0.15) is 0 Å². The van der Waals surface area contributed by atoms with Gasteiger partial charge in [0.2, 0.25) is 0 Å². The lowest BCUT2D eigenvalue weighted by Crippen LogP contribution is -2.40. The number of fused-ring (bicyclic) bond motifs is 1. The van der Waals surface area contributed by atoms with E-state index in [1.807, 2.05) is 73.8 Å². The van der Waals surface area contributed by atoms with Gasteiger partial charge in [0.1, 0.15) is 0 Å². The van der Waals surface area contributed by atoms with Crippen molar-refractivity contribution in [2.75, 3.05) is 5.32 Å². The Morgan fingerprint density at radius 2 is 1.82 bits per heavy atom. The van der Waals surface area contributed by atoms with Gasteiger partial charge in [0, 0.05) is 15.6 Å². The summed E-state index contributed by atoms with van der Waals surface area (Å²) in [5, 5.41) is 5.54. The number of thiophene rings is 1. The van der Waals surface area contributed by atoms with E-state index in [4.69, 9.17) is 11.6 Å². The molecule has 0 radical (unpaired) electrons. The number of nitrogens with zero attached hydrogens (tertiary/aromatic N) is 2. The molecule has 0 aliphatic carbocycles. The standard InChI is InChI=1S/C26H20ClN3O2S2/c1-15-12-13-33-20(15)14-21-25(32)30-23(17-8-10-18(27)11-9-17)22(16(2)28-26(30)34-21)24(31)29-19-6-4-3-5-7-19/h3-14,23H,1-2H3,(H,29,31)/b21-14+/t23-/m0/s1. The molecular formula is C26H20ClN3O2S2. The van der Waals surface area contributed by atoms with Crippen LogP contribution in [0.4, 0.5) is 5.69 Å². The van der Waals surface area contributed by atoms with Crippen LogP contribution in [0.3, 0.4) is 0 Å². The first kappa shape index (κ1) is 22.5. The number of hydrogen-bond acceptors (Lipinski definition) is 5. The van der Waals surface area contributed by atoms with Crippen molar-refractivity contribution in [1.82, 2.24) is 4.57 Å². The number of halogens is 1. The average Bonchev–Trinajstić information content (AvgIpc) is 3.36. The third-order valence-electron chi connectivity index (χ3n) is 5.65. The molecule has 2 aromatic heterocycles. The fourth-order valence-electron chi connectivity index (χ4n) is 3.94. The number of thiazole rings is 1. The van der Waals surface area contributed by atoms with Gasteiger partial charge in [0.15, 0.2) is 4.80 Å². The first-order valence-corrected chi connectivity index (χ1v) is 12.7. The van der Waals surface area contributed by atoms with Crippen LogP contribution in [0.1, 0.15) is 29.0 Å². The molecule has 0 saturated heterocycles. The molecule has 0 spiro atoms.